The first-order valence-electron chi connectivity index (χ1n) is 8.56. The number of hydrogen-bond acceptors (Lipinski definition) is 1. The molecule has 0 heterocycles. The van der Waals surface area contributed by atoms with Gasteiger partial charge >= 0.3 is 0 Å². The molecule has 0 aliphatic rings. The summed E-state index contributed by atoms with van der Waals surface area (Å²) in [5.74, 6) is 0.0181. The van der Waals surface area contributed by atoms with Gasteiger partial charge < -0.3 is 5.32 Å². The Labute approximate surface area is 149 Å². The summed E-state index contributed by atoms with van der Waals surface area (Å²) in [5.41, 5.74) is 3.77. The minimum atomic E-state index is -0.567. The summed E-state index contributed by atoms with van der Waals surface area (Å²) in [5, 5.41) is 3.26. The normalized spacial score (nSPS) is 11.1. The molecule has 0 unspecified atom stereocenters. The lowest BCUT2D eigenvalue weighted by Gasteiger charge is -2.32. The quantitative estimate of drug-likeness (QED) is 0.727. The van der Waals surface area contributed by atoms with Crippen LogP contribution in [0.5, 0.6) is 0 Å². The van der Waals surface area contributed by atoms with Crippen molar-refractivity contribution in [3.05, 3.63) is 107 Å². The van der Waals surface area contributed by atoms with Gasteiger partial charge in [0.25, 0.3) is 0 Å². The van der Waals surface area contributed by atoms with E-state index in [1.165, 1.54) is 0 Å². The van der Waals surface area contributed by atoms with E-state index in [-0.39, 0.29) is 5.91 Å². The van der Waals surface area contributed by atoms with Gasteiger partial charge in [-0.05, 0) is 36.1 Å². The molecule has 3 aromatic carbocycles. The number of carbonyl (C=O) groups is 1. The summed E-state index contributed by atoms with van der Waals surface area (Å²) < 4.78 is 0. The van der Waals surface area contributed by atoms with Crippen LogP contribution in [0.4, 0.5) is 0 Å². The van der Waals surface area contributed by atoms with Crippen molar-refractivity contribution in [2.24, 2.45) is 0 Å². The molecule has 0 aliphatic carbocycles. The molecule has 0 aliphatic heterocycles. The van der Waals surface area contributed by atoms with Gasteiger partial charge in [0.05, 0.1) is 12.0 Å². The van der Waals surface area contributed by atoms with Crippen LogP contribution in [0.1, 0.15) is 29.2 Å². The molecule has 3 aromatic rings. The number of carbonyl (C=O) groups excluding carboxylic acids is 1. The van der Waals surface area contributed by atoms with Crippen LogP contribution in [0, 0.1) is 6.92 Å². The molecule has 1 N–H and O–H groups in total. The Morgan fingerprint density at radius 2 is 1.28 bits per heavy atom. The number of amides is 1. The SMILES string of the molecule is Cc1ccccc1CC(=O)NC(C)(c1ccccc1)c1ccccc1. The maximum atomic E-state index is 12.8. The van der Waals surface area contributed by atoms with Gasteiger partial charge in [-0.25, -0.2) is 0 Å². The number of rotatable bonds is 5. The molecule has 1 amide bonds. The number of nitrogens with one attached hydrogen (secondary N) is 1. The predicted octanol–water partition coefficient (Wildman–Crippen LogP) is 4.62. The van der Waals surface area contributed by atoms with Crippen LogP contribution in [-0.2, 0) is 16.8 Å². The Hall–Kier alpha value is -2.87. The molecular weight excluding hydrogens is 306 g/mol. The molecule has 2 nitrogen and oxygen atoms in total. The molecule has 2 heteroatoms. The average Bonchev–Trinajstić information content (AvgIpc) is 2.65. The highest BCUT2D eigenvalue weighted by Crippen LogP contribution is 2.29. The number of hydrogen-bond donors (Lipinski definition) is 1. The molecule has 25 heavy (non-hydrogen) atoms. The summed E-state index contributed by atoms with van der Waals surface area (Å²) in [6.45, 7) is 4.10. The number of benzene rings is 3. The van der Waals surface area contributed by atoms with E-state index >= 15 is 0 Å². The van der Waals surface area contributed by atoms with E-state index in [1.54, 1.807) is 0 Å². The fourth-order valence-electron chi connectivity index (χ4n) is 3.16. The van der Waals surface area contributed by atoms with Crippen LogP contribution in [-0.4, -0.2) is 5.91 Å². The van der Waals surface area contributed by atoms with E-state index in [9.17, 15) is 4.79 Å². The number of aryl methyl sites for hydroxylation is 1. The second-order valence-electron chi connectivity index (χ2n) is 6.51. The molecule has 0 saturated carbocycles. The average molecular weight is 329 g/mol. The first-order valence-corrected chi connectivity index (χ1v) is 8.56. The Morgan fingerprint density at radius 3 is 1.80 bits per heavy atom. The summed E-state index contributed by atoms with van der Waals surface area (Å²) in [4.78, 5) is 12.8. The fraction of sp³-hybridized carbons (Fsp3) is 0.174. The summed E-state index contributed by atoms with van der Waals surface area (Å²) in [6, 6.07) is 28.2. The lowest BCUT2D eigenvalue weighted by Crippen LogP contribution is -2.45. The fourth-order valence-corrected chi connectivity index (χ4v) is 3.16. The van der Waals surface area contributed by atoms with Crippen molar-refractivity contribution in [2.75, 3.05) is 0 Å². The van der Waals surface area contributed by atoms with Crippen LogP contribution < -0.4 is 5.32 Å². The first-order chi connectivity index (χ1) is 12.1. The molecule has 0 bridgehead atoms. The Morgan fingerprint density at radius 1 is 0.800 bits per heavy atom. The van der Waals surface area contributed by atoms with Crippen molar-refractivity contribution in [3.8, 4) is 0 Å². The lowest BCUT2D eigenvalue weighted by molar-refractivity contribution is -0.121. The van der Waals surface area contributed by atoms with E-state index in [2.05, 4.69) is 36.5 Å². The molecule has 0 aromatic heterocycles. The zero-order chi connectivity index (χ0) is 17.7. The molecule has 3 rings (SSSR count). The topological polar surface area (TPSA) is 29.1 Å². The largest absolute Gasteiger partial charge is 0.342 e. The maximum Gasteiger partial charge on any atom is 0.225 e. The van der Waals surface area contributed by atoms with Crippen molar-refractivity contribution < 1.29 is 4.79 Å². The molecule has 0 radical (unpaired) electrons. The third-order valence-corrected chi connectivity index (χ3v) is 4.70. The van der Waals surface area contributed by atoms with Gasteiger partial charge in [0, 0.05) is 0 Å². The van der Waals surface area contributed by atoms with Gasteiger partial charge in [0.2, 0.25) is 5.91 Å². The minimum absolute atomic E-state index is 0.0181. The summed E-state index contributed by atoms with van der Waals surface area (Å²) in [6.07, 6.45) is 0.377. The highest BCUT2D eigenvalue weighted by molar-refractivity contribution is 5.80. The highest BCUT2D eigenvalue weighted by Gasteiger charge is 2.30. The van der Waals surface area contributed by atoms with Gasteiger partial charge in [-0.3, -0.25) is 4.79 Å². The van der Waals surface area contributed by atoms with Gasteiger partial charge in [-0.15, -0.1) is 0 Å². The zero-order valence-electron chi connectivity index (χ0n) is 14.7. The van der Waals surface area contributed by atoms with Crippen molar-refractivity contribution in [1.82, 2.24) is 5.32 Å². The minimum Gasteiger partial charge on any atom is -0.342 e. The Kier molecular flexibility index (Phi) is 4.99. The van der Waals surface area contributed by atoms with Gasteiger partial charge in [-0.1, -0.05) is 84.9 Å². The third kappa shape index (κ3) is 3.80. The smallest absolute Gasteiger partial charge is 0.225 e. The van der Waals surface area contributed by atoms with Crippen molar-refractivity contribution in [2.45, 2.75) is 25.8 Å². The Bertz CT molecular complexity index is 801. The van der Waals surface area contributed by atoms with E-state index in [1.807, 2.05) is 67.6 Å². The van der Waals surface area contributed by atoms with Crippen LogP contribution in [0.25, 0.3) is 0 Å². The molecular formula is C23H23NO. The summed E-state index contributed by atoms with van der Waals surface area (Å²) >= 11 is 0. The zero-order valence-corrected chi connectivity index (χ0v) is 14.7. The summed E-state index contributed by atoms with van der Waals surface area (Å²) in [7, 11) is 0. The van der Waals surface area contributed by atoms with E-state index in [0.717, 1.165) is 22.3 Å². The van der Waals surface area contributed by atoms with E-state index in [0.29, 0.717) is 6.42 Å². The van der Waals surface area contributed by atoms with Crippen molar-refractivity contribution in [1.29, 1.82) is 0 Å². The molecule has 0 fully saturated rings. The molecule has 0 saturated heterocycles. The van der Waals surface area contributed by atoms with Gasteiger partial charge in [-0.2, -0.15) is 0 Å². The van der Waals surface area contributed by atoms with E-state index < -0.39 is 5.54 Å². The third-order valence-electron chi connectivity index (χ3n) is 4.70. The van der Waals surface area contributed by atoms with Crippen LogP contribution >= 0.6 is 0 Å². The monoisotopic (exact) mass is 329 g/mol. The van der Waals surface area contributed by atoms with Gasteiger partial charge in [0.1, 0.15) is 0 Å². The van der Waals surface area contributed by atoms with Gasteiger partial charge in [0.15, 0.2) is 0 Å². The lowest BCUT2D eigenvalue weighted by atomic mass is 9.84. The second-order valence-corrected chi connectivity index (χ2v) is 6.51. The molecule has 126 valence electrons. The first kappa shape index (κ1) is 17.0. The maximum absolute atomic E-state index is 12.8. The standard InChI is InChI=1S/C23H23NO/c1-18-11-9-10-12-19(18)17-22(25)24-23(2,20-13-5-3-6-14-20)21-15-7-4-8-16-21/h3-16H,17H2,1-2H3,(H,24,25). The highest BCUT2D eigenvalue weighted by atomic mass is 16.1. The Balaban J connectivity index is 1.91. The second kappa shape index (κ2) is 7.35. The van der Waals surface area contributed by atoms with Crippen LogP contribution in [0.3, 0.4) is 0 Å². The molecule has 0 atom stereocenters. The van der Waals surface area contributed by atoms with E-state index in [4.69, 9.17) is 0 Å². The molecule has 0 spiro atoms. The predicted molar refractivity (Wildman–Crippen MR) is 102 cm³/mol. The van der Waals surface area contributed by atoms with Crippen LogP contribution in [0.15, 0.2) is 84.9 Å². The van der Waals surface area contributed by atoms with Crippen molar-refractivity contribution >= 4 is 5.91 Å². The van der Waals surface area contributed by atoms with Crippen LogP contribution in [0.2, 0.25) is 0 Å². The van der Waals surface area contributed by atoms with Crippen molar-refractivity contribution in [3.63, 3.8) is 0 Å².